The smallest absolute Gasteiger partial charge is 0.316 e. The fraction of sp³-hybridized carbons (Fsp3) is 0.500. The van der Waals surface area contributed by atoms with Crippen molar-refractivity contribution in [1.29, 1.82) is 0 Å². The zero-order valence-electron chi connectivity index (χ0n) is 6.40. The number of nitrogens with two attached hydrogens (primary N) is 1. The van der Waals surface area contributed by atoms with Crippen LogP contribution in [0.5, 0.6) is 0 Å². The van der Waals surface area contributed by atoms with E-state index in [1.807, 2.05) is 0 Å². The van der Waals surface area contributed by atoms with E-state index in [0.29, 0.717) is 11.6 Å². The summed E-state index contributed by atoms with van der Waals surface area (Å²) >= 11 is 1.38. The monoisotopic (exact) mass is 187 g/mol. The fourth-order valence-corrected chi connectivity index (χ4v) is 1.76. The molecule has 1 aliphatic heterocycles. The minimum absolute atomic E-state index is 0.0836. The summed E-state index contributed by atoms with van der Waals surface area (Å²) in [5.41, 5.74) is 5.02. The minimum Gasteiger partial charge on any atom is -0.399 e. The molecule has 1 aliphatic rings. The van der Waals surface area contributed by atoms with Crippen LogP contribution in [-0.4, -0.2) is 22.3 Å². The van der Waals surface area contributed by atoms with E-state index in [1.54, 1.807) is 0 Å². The van der Waals surface area contributed by atoms with Crippen molar-refractivity contribution in [2.75, 3.05) is 12.3 Å². The molecule has 1 rings (SSSR count). The molecule has 2 N–H and O–H groups in total. The summed E-state index contributed by atoms with van der Waals surface area (Å²) in [4.78, 5) is 13.9. The minimum atomic E-state index is -0.503. The van der Waals surface area contributed by atoms with E-state index >= 15 is 0 Å². The maximum absolute atomic E-state index is 10.4. The molecule has 0 saturated heterocycles. The van der Waals surface area contributed by atoms with Crippen molar-refractivity contribution >= 4 is 16.8 Å². The first-order valence-corrected chi connectivity index (χ1v) is 4.48. The summed E-state index contributed by atoms with van der Waals surface area (Å²) < 4.78 is 0. The van der Waals surface area contributed by atoms with E-state index in [4.69, 9.17) is 5.73 Å². The second-order valence-corrected chi connectivity index (χ2v) is 3.28. The average Bonchev–Trinajstić information content (AvgIpc) is 2.07. The Hall–Kier alpha value is -1.04. The summed E-state index contributed by atoms with van der Waals surface area (Å²) in [7, 11) is 0. The summed E-state index contributed by atoms with van der Waals surface area (Å²) in [6.45, 7) is 0.660. The Labute approximate surface area is 73.9 Å². The van der Waals surface area contributed by atoms with Gasteiger partial charge in [0, 0.05) is 12.3 Å². The molecule has 0 aliphatic carbocycles. The lowest BCUT2D eigenvalue weighted by Gasteiger charge is -2.07. The highest BCUT2D eigenvalue weighted by Gasteiger charge is 2.20. The van der Waals surface area contributed by atoms with E-state index in [-0.39, 0.29) is 5.70 Å². The molecule has 0 amide bonds. The molecule has 0 atom stereocenters. The summed E-state index contributed by atoms with van der Waals surface area (Å²) in [5, 5.41) is 10.8. The van der Waals surface area contributed by atoms with Crippen LogP contribution in [0.15, 0.2) is 16.9 Å². The quantitative estimate of drug-likeness (QED) is 0.507. The highest BCUT2D eigenvalue weighted by molar-refractivity contribution is 8.14. The number of rotatable bonds is 2. The van der Waals surface area contributed by atoms with Crippen LogP contribution < -0.4 is 5.73 Å². The normalized spacial score (nSPS) is 18.7. The maximum atomic E-state index is 10.4. The fourth-order valence-electron chi connectivity index (χ4n) is 0.825. The number of hydrogen-bond acceptors (Lipinski definition) is 5. The van der Waals surface area contributed by atoms with Gasteiger partial charge in [0.25, 0.3) is 0 Å². The van der Waals surface area contributed by atoms with Gasteiger partial charge in [0.1, 0.15) is 0 Å². The van der Waals surface area contributed by atoms with E-state index in [9.17, 15) is 10.1 Å². The Bertz CT molecular complexity index is 249. The van der Waals surface area contributed by atoms with Crippen molar-refractivity contribution in [3.8, 4) is 0 Å². The van der Waals surface area contributed by atoms with E-state index in [2.05, 4.69) is 4.99 Å². The Balaban J connectivity index is 2.79. The molecule has 0 aromatic heterocycles. The first kappa shape index (κ1) is 9.05. The number of aliphatic imine (C=N–C) groups is 1. The zero-order chi connectivity index (χ0) is 8.97. The van der Waals surface area contributed by atoms with Crippen LogP contribution in [0.3, 0.4) is 0 Å². The Morgan fingerprint density at radius 3 is 3.00 bits per heavy atom. The molecule has 0 fully saturated rings. The van der Waals surface area contributed by atoms with Gasteiger partial charge in [-0.25, -0.2) is 0 Å². The lowest BCUT2D eigenvalue weighted by atomic mass is 10.4. The lowest BCUT2D eigenvalue weighted by molar-refractivity contribution is -0.414. The first-order valence-electron chi connectivity index (χ1n) is 3.49. The Kier molecular flexibility index (Phi) is 3.09. The molecule has 0 spiro atoms. The van der Waals surface area contributed by atoms with Crippen LogP contribution in [-0.2, 0) is 0 Å². The van der Waals surface area contributed by atoms with Gasteiger partial charge in [-0.3, -0.25) is 15.1 Å². The van der Waals surface area contributed by atoms with Gasteiger partial charge in [-0.15, -0.1) is 0 Å². The highest BCUT2D eigenvalue weighted by Crippen LogP contribution is 2.18. The number of nitro groups is 1. The molecule has 12 heavy (non-hydrogen) atoms. The maximum Gasteiger partial charge on any atom is 0.316 e. The predicted octanol–water partition coefficient (Wildman–Crippen LogP) is 0.599. The third-order valence-corrected chi connectivity index (χ3v) is 2.47. The topological polar surface area (TPSA) is 81.5 Å². The third-order valence-electron chi connectivity index (χ3n) is 1.37. The van der Waals surface area contributed by atoms with Crippen molar-refractivity contribution in [2.45, 2.75) is 6.42 Å². The molecule has 0 unspecified atom stereocenters. The van der Waals surface area contributed by atoms with E-state index in [0.717, 1.165) is 18.4 Å². The van der Waals surface area contributed by atoms with Crippen LogP contribution in [0.4, 0.5) is 0 Å². The molecular formula is C6H9N3O2S. The number of nitrogens with zero attached hydrogens (tertiary/aromatic N) is 2. The molecule has 0 bridgehead atoms. The second-order valence-electron chi connectivity index (χ2n) is 2.20. The van der Waals surface area contributed by atoms with Gasteiger partial charge >= 0.3 is 5.70 Å². The summed E-state index contributed by atoms with van der Waals surface area (Å²) in [5.74, 6) is 0.879. The average molecular weight is 187 g/mol. The van der Waals surface area contributed by atoms with Gasteiger partial charge in [0.2, 0.25) is 0 Å². The molecule has 5 nitrogen and oxygen atoms in total. The SMILES string of the molecule is N/C=C(/C1=NCCCS1)[N+](=O)[O-]. The van der Waals surface area contributed by atoms with Crippen molar-refractivity contribution in [1.82, 2.24) is 0 Å². The van der Waals surface area contributed by atoms with Gasteiger partial charge in [0.05, 0.1) is 11.1 Å². The Morgan fingerprint density at radius 1 is 1.83 bits per heavy atom. The van der Waals surface area contributed by atoms with Crippen LogP contribution in [0.25, 0.3) is 0 Å². The van der Waals surface area contributed by atoms with Crippen molar-refractivity contribution in [3.05, 3.63) is 22.0 Å². The van der Waals surface area contributed by atoms with E-state index < -0.39 is 4.92 Å². The van der Waals surface area contributed by atoms with Crippen molar-refractivity contribution < 1.29 is 4.92 Å². The largest absolute Gasteiger partial charge is 0.399 e. The van der Waals surface area contributed by atoms with Crippen LogP contribution in [0, 0.1) is 10.1 Å². The molecule has 0 saturated carbocycles. The van der Waals surface area contributed by atoms with Crippen molar-refractivity contribution in [3.63, 3.8) is 0 Å². The van der Waals surface area contributed by atoms with Gasteiger partial charge in [-0.05, 0) is 6.42 Å². The molecule has 6 heteroatoms. The van der Waals surface area contributed by atoms with Crippen LogP contribution >= 0.6 is 11.8 Å². The van der Waals surface area contributed by atoms with Crippen LogP contribution in [0.1, 0.15) is 6.42 Å². The molecule has 0 radical (unpaired) electrons. The molecule has 0 aromatic rings. The summed E-state index contributed by atoms with van der Waals surface area (Å²) in [6.07, 6.45) is 1.97. The Morgan fingerprint density at radius 2 is 2.58 bits per heavy atom. The second kappa shape index (κ2) is 4.10. The predicted molar refractivity (Wildman–Crippen MR) is 48.6 cm³/mol. The lowest BCUT2D eigenvalue weighted by Crippen LogP contribution is -2.14. The zero-order valence-corrected chi connectivity index (χ0v) is 7.21. The van der Waals surface area contributed by atoms with Gasteiger partial charge in [0.15, 0.2) is 5.04 Å². The standard InChI is InChI=1S/C6H9N3O2S/c7-4-5(9(10)11)6-8-2-1-3-12-6/h4H,1-3,7H2/b5-4-. The van der Waals surface area contributed by atoms with Crippen LogP contribution in [0.2, 0.25) is 0 Å². The number of hydrogen-bond donors (Lipinski definition) is 1. The highest BCUT2D eigenvalue weighted by atomic mass is 32.2. The molecular weight excluding hydrogens is 178 g/mol. The molecule has 1 heterocycles. The van der Waals surface area contributed by atoms with Gasteiger partial charge in [-0.1, -0.05) is 11.8 Å². The first-order chi connectivity index (χ1) is 5.75. The third kappa shape index (κ3) is 1.97. The van der Waals surface area contributed by atoms with Gasteiger partial charge < -0.3 is 5.73 Å². The van der Waals surface area contributed by atoms with E-state index in [1.165, 1.54) is 11.8 Å². The van der Waals surface area contributed by atoms with Gasteiger partial charge in [-0.2, -0.15) is 0 Å². The summed E-state index contributed by atoms with van der Waals surface area (Å²) in [6, 6.07) is 0. The van der Waals surface area contributed by atoms with Crippen molar-refractivity contribution in [2.24, 2.45) is 10.7 Å². The number of thioether (sulfide) groups is 1. The molecule has 66 valence electrons. The molecule has 0 aromatic carbocycles.